The summed E-state index contributed by atoms with van der Waals surface area (Å²) in [4.78, 5) is 4.29. The summed E-state index contributed by atoms with van der Waals surface area (Å²) in [7, 11) is 1.76. The van der Waals surface area contributed by atoms with Crippen molar-refractivity contribution < 1.29 is 4.39 Å². The molecule has 3 rings (SSSR count). The molecule has 0 bridgehead atoms. The number of halogens is 2. The van der Waals surface area contributed by atoms with Crippen molar-refractivity contribution in [2.75, 3.05) is 13.6 Å². The molecule has 0 aliphatic carbocycles. The van der Waals surface area contributed by atoms with Gasteiger partial charge in [0.05, 0.1) is 12.2 Å². The normalized spacial score (nSPS) is 11.1. The van der Waals surface area contributed by atoms with Crippen molar-refractivity contribution in [2.24, 2.45) is 4.99 Å². The Morgan fingerprint density at radius 3 is 2.37 bits per heavy atom. The second kappa shape index (κ2) is 11.7. The molecule has 7 heteroatoms. The molecule has 1 aromatic heterocycles. The van der Waals surface area contributed by atoms with Gasteiger partial charge in [-0.05, 0) is 43.5 Å². The van der Waals surface area contributed by atoms with Crippen molar-refractivity contribution in [3.05, 3.63) is 88.5 Å². The van der Waals surface area contributed by atoms with Crippen LogP contribution in [0.25, 0.3) is 0 Å². The van der Waals surface area contributed by atoms with Crippen LogP contribution in [0.3, 0.4) is 0 Å². The van der Waals surface area contributed by atoms with Crippen LogP contribution in [-0.2, 0) is 19.5 Å². The molecule has 0 spiro atoms. The van der Waals surface area contributed by atoms with E-state index >= 15 is 0 Å². The van der Waals surface area contributed by atoms with Gasteiger partial charge in [-0.1, -0.05) is 42.5 Å². The molecule has 0 fully saturated rings. The second-order valence-corrected chi connectivity index (χ2v) is 7.02. The van der Waals surface area contributed by atoms with Crippen LogP contribution in [0.2, 0.25) is 0 Å². The van der Waals surface area contributed by atoms with E-state index in [0.717, 1.165) is 42.4 Å². The van der Waals surface area contributed by atoms with Crippen molar-refractivity contribution in [1.82, 2.24) is 20.4 Å². The third-order valence-electron chi connectivity index (χ3n) is 4.98. The van der Waals surface area contributed by atoms with Gasteiger partial charge in [0.1, 0.15) is 5.82 Å². The lowest BCUT2D eigenvalue weighted by atomic mass is 10.1. The number of guanidine groups is 1. The SMILES string of the molecule is CN=C(NCCc1ccc(F)cc1)NCc1c(C)nn(Cc2ccccc2)c1C.I. The van der Waals surface area contributed by atoms with E-state index in [1.165, 1.54) is 23.3 Å². The van der Waals surface area contributed by atoms with Crippen LogP contribution in [-0.4, -0.2) is 29.3 Å². The Morgan fingerprint density at radius 2 is 1.70 bits per heavy atom. The highest BCUT2D eigenvalue weighted by Gasteiger charge is 2.12. The fourth-order valence-corrected chi connectivity index (χ4v) is 3.27. The lowest BCUT2D eigenvalue weighted by molar-refractivity contribution is 0.626. The highest BCUT2D eigenvalue weighted by molar-refractivity contribution is 14.0. The van der Waals surface area contributed by atoms with Gasteiger partial charge in [-0.25, -0.2) is 4.39 Å². The molecular weight excluding hydrogens is 492 g/mol. The topological polar surface area (TPSA) is 54.2 Å². The van der Waals surface area contributed by atoms with E-state index in [0.29, 0.717) is 6.54 Å². The third-order valence-corrected chi connectivity index (χ3v) is 4.98. The molecule has 30 heavy (non-hydrogen) atoms. The van der Waals surface area contributed by atoms with E-state index in [2.05, 4.69) is 34.7 Å². The van der Waals surface area contributed by atoms with Crippen molar-refractivity contribution >= 4 is 29.9 Å². The molecule has 0 radical (unpaired) electrons. The van der Waals surface area contributed by atoms with Crippen LogP contribution in [0, 0.1) is 19.7 Å². The Kier molecular flexibility index (Phi) is 9.29. The minimum Gasteiger partial charge on any atom is -0.356 e. The largest absolute Gasteiger partial charge is 0.356 e. The van der Waals surface area contributed by atoms with Gasteiger partial charge in [0, 0.05) is 31.4 Å². The lowest BCUT2D eigenvalue weighted by Gasteiger charge is -2.12. The van der Waals surface area contributed by atoms with Crippen LogP contribution < -0.4 is 10.6 Å². The number of hydrogen-bond acceptors (Lipinski definition) is 2. The van der Waals surface area contributed by atoms with Gasteiger partial charge in [0.15, 0.2) is 5.96 Å². The summed E-state index contributed by atoms with van der Waals surface area (Å²) in [6.45, 7) is 6.28. The molecule has 0 aliphatic heterocycles. The average molecular weight is 521 g/mol. The van der Waals surface area contributed by atoms with Crippen LogP contribution in [0.5, 0.6) is 0 Å². The number of hydrogen-bond donors (Lipinski definition) is 2. The van der Waals surface area contributed by atoms with Gasteiger partial charge in [0.25, 0.3) is 0 Å². The van der Waals surface area contributed by atoms with Crippen LogP contribution in [0.4, 0.5) is 4.39 Å². The van der Waals surface area contributed by atoms with Gasteiger partial charge >= 0.3 is 0 Å². The maximum atomic E-state index is 13.0. The predicted molar refractivity (Wildman–Crippen MR) is 131 cm³/mol. The monoisotopic (exact) mass is 521 g/mol. The summed E-state index contributed by atoms with van der Waals surface area (Å²) in [5, 5.41) is 11.4. The molecule has 1 heterocycles. The van der Waals surface area contributed by atoms with Gasteiger partial charge in [0.2, 0.25) is 0 Å². The summed E-state index contributed by atoms with van der Waals surface area (Å²) >= 11 is 0. The minimum atomic E-state index is -0.210. The fraction of sp³-hybridized carbons (Fsp3) is 0.304. The number of aryl methyl sites for hydroxylation is 1. The highest BCUT2D eigenvalue weighted by Crippen LogP contribution is 2.14. The average Bonchev–Trinajstić information content (AvgIpc) is 2.99. The summed E-state index contributed by atoms with van der Waals surface area (Å²) in [6.07, 6.45) is 0.800. The van der Waals surface area contributed by atoms with E-state index < -0.39 is 0 Å². The standard InChI is InChI=1S/C23H28FN5.HI/c1-17-22(18(2)29(28-17)16-20-7-5-4-6-8-20)15-27-23(25-3)26-14-13-19-9-11-21(24)12-10-19;/h4-12H,13-16H2,1-3H3,(H2,25,26,27);1H. The molecule has 0 unspecified atom stereocenters. The number of aliphatic imine (C=N–C) groups is 1. The molecule has 5 nitrogen and oxygen atoms in total. The zero-order valence-electron chi connectivity index (χ0n) is 17.7. The van der Waals surface area contributed by atoms with Gasteiger partial charge in [-0.3, -0.25) is 9.67 Å². The fourth-order valence-electron chi connectivity index (χ4n) is 3.27. The zero-order chi connectivity index (χ0) is 20.6. The lowest BCUT2D eigenvalue weighted by Crippen LogP contribution is -2.38. The summed E-state index contributed by atoms with van der Waals surface area (Å²) in [5.41, 5.74) is 5.68. The molecule has 0 saturated carbocycles. The number of aromatic nitrogens is 2. The van der Waals surface area contributed by atoms with Crippen LogP contribution >= 0.6 is 24.0 Å². The van der Waals surface area contributed by atoms with Crippen molar-refractivity contribution in [3.63, 3.8) is 0 Å². The molecule has 2 N–H and O–H groups in total. The quantitative estimate of drug-likeness (QED) is 0.278. The van der Waals surface area contributed by atoms with Crippen molar-refractivity contribution in [1.29, 1.82) is 0 Å². The van der Waals surface area contributed by atoms with E-state index in [9.17, 15) is 4.39 Å². The Bertz CT molecular complexity index is 952. The Labute approximate surface area is 194 Å². The number of benzene rings is 2. The molecule has 0 amide bonds. The summed E-state index contributed by atoms with van der Waals surface area (Å²) < 4.78 is 15.0. The first kappa shape index (κ1) is 23.9. The van der Waals surface area contributed by atoms with Gasteiger partial charge < -0.3 is 10.6 Å². The first-order chi connectivity index (χ1) is 14.1. The number of rotatable bonds is 7. The number of nitrogens with zero attached hydrogens (tertiary/aromatic N) is 3. The molecule has 0 aliphatic rings. The van der Waals surface area contributed by atoms with Gasteiger partial charge in [-0.2, -0.15) is 5.10 Å². The third kappa shape index (κ3) is 6.55. The Morgan fingerprint density at radius 1 is 1.00 bits per heavy atom. The van der Waals surface area contributed by atoms with Gasteiger partial charge in [-0.15, -0.1) is 24.0 Å². The second-order valence-electron chi connectivity index (χ2n) is 7.02. The van der Waals surface area contributed by atoms with E-state index in [1.54, 1.807) is 19.2 Å². The zero-order valence-corrected chi connectivity index (χ0v) is 20.0. The smallest absolute Gasteiger partial charge is 0.191 e. The molecular formula is C23H29FIN5. The van der Waals surface area contributed by atoms with Crippen molar-refractivity contribution in [2.45, 2.75) is 33.4 Å². The maximum absolute atomic E-state index is 13.0. The molecule has 3 aromatic rings. The van der Waals surface area contributed by atoms with Crippen LogP contribution in [0.15, 0.2) is 59.6 Å². The Balaban J connectivity index is 0.00000320. The first-order valence-electron chi connectivity index (χ1n) is 9.82. The molecule has 2 aromatic carbocycles. The summed E-state index contributed by atoms with van der Waals surface area (Å²) in [5.74, 6) is 0.527. The molecule has 0 atom stereocenters. The predicted octanol–water partition coefficient (Wildman–Crippen LogP) is 4.21. The first-order valence-corrected chi connectivity index (χ1v) is 9.82. The van der Waals surface area contributed by atoms with Crippen molar-refractivity contribution in [3.8, 4) is 0 Å². The van der Waals surface area contributed by atoms with Crippen LogP contribution in [0.1, 0.15) is 28.1 Å². The van der Waals surface area contributed by atoms with E-state index in [1.807, 2.05) is 29.8 Å². The number of nitrogens with one attached hydrogen (secondary N) is 2. The van der Waals surface area contributed by atoms with E-state index in [-0.39, 0.29) is 29.8 Å². The Hall–Kier alpha value is -2.42. The van der Waals surface area contributed by atoms with E-state index in [4.69, 9.17) is 5.10 Å². The molecule has 160 valence electrons. The molecule has 0 saturated heterocycles. The maximum Gasteiger partial charge on any atom is 0.191 e. The highest BCUT2D eigenvalue weighted by atomic mass is 127. The summed E-state index contributed by atoms with van der Waals surface area (Å²) in [6, 6.07) is 16.9. The minimum absolute atomic E-state index is 0.